The Morgan fingerprint density at radius 2 is 1.62 bits per heavy atom. The Morgan fingerprint density at radius 3 is 2.05 bits per heavy atom. The molecule has 0 aromatic heterocycles. The van der Waals surface area contributed by atoms with Crippen LogP contribution in [0.4, 0.5) is 0 Å². The van der Waals surface area contributed by atoms with Crippen LogP contribution in [0.15, 0.2) is 0 Å². The van der Waals surface area contributed by atoms with E-state index in [-0.39, 0.29) is 17.7 Å². The number of hydrogen-bond acceptors (Lipinski definition) is 3. The van der Waals surface area contributed by atoms with Gasteiger partial charge in [-0.15, -0.1) is 0 Å². The van der Waals surface area contributed by atoms with E-state index in [4.69, 9.17) is 0 Å². The highest BCUT2D eigenvalue weighted by Crippen LogP contribution is 2.26. The maximum atomic E-state index is 12.3. The standard InChI is InChI=1S/C15H26N2O4/c1-9(2)12(16-10(3)18)14(19)17-13(15(20)21)11-7-5-4-6-8-11/h9,11-13H,4-8H2,1-3H3,(H,16,18)(H,17,19)(H,20,21)/t12-,13+/m1/s1. The maximum Gasteiger partial charge on any atom is 0.326 e. The molecule has 0 aromatic carbocycles. The van der Waals surface area contributed by atoms with E-state index in [0.717, 1.165) is 32.1 Å². The van der Waals surface area contributed by atoms with Gasteiger partial charge in [-0.2, -0.15) is 0 Å². The summed E-state index contributed by atoms with van der Waals surface area (Å²) >= 11 is 0. The fraction of sp³-hybridized carbons (Fsp3) is 0.800. The molecule has 1 rings (SSSR count). The summed E-state index contributed by atoms with van der Waals surface area (Å²) in [6.45, 7) is 4.98. The van der Waals surface area contributed by atoms with Crippen LogP contribution in [0.3, 0.4) is 0 Å². The highest BCUT2D eigenvalue weighted by atomic mass is 16.4. The maximum absolute atomic E-state index is 12.3. The van der Waals surface area contributed by atoms with Crippen LogP contribution in [-0.4, -0.2) is 35.0 Å². The van der Waals surface area contributed by atoms with Crippen LogP contribution < -0.4 is 10.6 Å². The van der Waals surface area contributed by atoms with Crippen molar-refractivity contribution in [3.8, 4) is 0 Å². The quantitative estimate of drug-likeness (QED) is 0.688. The smallest absolute Gasteiger partial charge is 0.326 e. The van der Waals surface area contributed by atoms with Crippen LogP contribution in [0.5, 0.6) is 0 Å². The topological polar surface area (TPSA) is 95.5 Å². The number of rotatable bonds is 6. The van der Waals surface area contributed by atoms with Crippen molar-refractivity contribution < 1.29 is 19.5 Å². The first-order valence-electron chi connectivity index (χ1n) is 7.63. The van der Waals surface area contributed by atoms with Crippen molar-refractivity contribution in [1.29, 1.82) is 0 Å². The highest BCUT2D eigenvalue weighted by molar-refractivity contribution is 5.90. The van der Waals surface area contributed by atoms with Crippen molar-refractivity contribution in [1.82, 2.24) is 10.6 Å². The summed E-state index contributed by atoms with van der Waals surface area (Å²) in [5.41, 5.74) is 0. The van der Waals surface area contributed by atoms with Gasteiger partial charge in [-0.25, -0.2) is 4.79 Å². The lowest BCUT2D eigenvalue weighted by atomic mass is 9.83. The molecule has 1 saturated carbocycles. The fourth-order valence-corrected chi connectivity index (χ4v) is 2.85. The van der Waals surface area contributed by atoms with Gasteiger partial charge in [-0.3, -0.25) is 9.59 Å². The molecule has 0 bridgehead atoms. The molecule has 2 amide bonds. The predicted octanol–water partition coefficient (Wildman–Crippen LogP) is 1.30. The van der Waals surface area contributed by atoms with E-state index in [1.165, 1.54) is 6.92 Å². The van der Waals surface area contributed by atoms with Gasteiger partial charge in [0.05, 0.1) is 0 Å². The van der Waals surface area contributed by atoms with Crippen LogP contribution in [0.2, 0.25) is 0 Å². The third kappa shape index (κ3) is 5.36. The van der Waals surface area contributed by atoms with Gasteiger partial charge in [0.25, 0.3) is 0 Å². The van der Waals surface area contributed by atoms with Crippen molar-refractivity contribution in [2.75, 3.05) is 0 Å². The molecule has 0 spiro atoms. The van der Waals surface area contributed by atoms with Crippen LogP contribution >= 0.6 is 0 Å². The molecule has 2 atom stereocenters. The molecule has 0 unspecified atom stereocenters. The SMILES string of the molecule is CC(=O)N[C@@H](C(=O)N[C@H](C(=O)O)C1CCCCC1)C(C)C. The van der Waals surface area contributed by atoms with E-state index in [1.54, 1.807) is 0 Å². The van der Waals surface area contributed by atoms with E-state index < -0.39 is 24.0 Å². The molecular formula is C15H26N2O4. The molecule has 1 aliphatic rings. The molecule has 0 aliphatic heterocycles. The molecule has 3 N–H and O–H groups in total. The van der Waals surface area contributed by atoms with Gasteiger partial charge in [-0.1, -0.05) is 33.1 Å². The molecule has 1 fully saturated rings. The number of nitrogens with one attached hydrogen (secondary N) is 2. The van der Waals surface area contributed by atoms with Crippen molar-refractivity contribution in [3.63, 3.8) is 0 Å². The van der Waals surface area contributed by atoms with Crippen molar-refractivity contribution in [2.24, 2.45) is 11.8 Å². The van der Waals surface area contributed by atoms with Crippen molar-refractivity contribution >= 4 is 17.8 Å². The monoisotopic (exact) mass is 298 g/mol. The first-order valence-corrected chi connectivity index (χ1v) is 7.63. The summed E-state index contributed by atoms with van der Waals surface area (Å²) in [6.07, 6.45) is 4.78. The summed E-state index contributed by atoms with van der Waals surface area (Å²) in [4.78, 5) is 34.9. The van der Waals surface area contributed by atoms with Gasteiger partial charge < -0.3 is 15.7 Å². The molecule has 21 heavy (non-hydrogen) atoms. The molecule has 0 radical (unpaired) electrons. The summed E-state index contributed by atoms with van der Waals surface area (Å²) in [5, 5.41) is 14.6. The average molecular weight is 298 g/mol. The third-order valence-electron chi connectivity index (χ3n) is 3.99. The van der Waals surface area contributed by atoms with E-state index in [2.05, 4.69) is 10.6 Å². The van der Waals surface area contributed by atoms with Crippen LogP contribution in [-0.2, 0) is 14.4 Å². The first kappa shape index (κ1) is 17.5. The summed E-state index contributed by atoms with van der Waals surface area (Å²) in [5.74, 6) is -1.84. The van der Waals surface area contributed by atoms with Gasteiger partial charge in [0, 0.05) is 6.92 Å². The molecule has 6 heteroatoms. The van der Waals surface area contributed by atoms with Gasteiger partial charge in [-0.05, 0) is 24.7 Å². The van der Waals surface area contributed by atoms with Gasteiger partial charge in [0.1, 0.15) is 12.1 Å². The average Bonchev–Trinajstić information content (AvgIpc) is 2.42. The minimum atomic E-state index is -0.999. The normalized spacial score (nSPS) is 18.9. The number of amides is 2. The second kappa shape index (κ2) is 8.00. The predicted molar refractivity (Wildman–Crippen MR) is 78.6 cm³/mol. The zero-order chi connectivity index (χ0) is 16.0. The number of carbonyl (C=O) groups excluding carboxylic acids is 2. The Hall–Kier alpha value is -1.59. The first-order chi connectivity index (χ1) is 9.82. The van der Waals surface area contributed by atoms with Gasteiger partial charge in [0.2, 0.25) is 11.8 Å². The Labute approximate surface area is 125 Å². The fourth-order valence-electron chi connectivity index (χ4n) is 2.85. The van der Waals surface area contributed by atoms with Crippen LogP contribution in [0.1, 0.15) is 52.9 Å². The molecule has 0 heterocycles. The molecule has 0 aromatic rings. The van der Waals surface area contributed by atoms with E-state index in [1.807, 2.05) is 13.8 Å². The minimum absolute atomic E-state index is 0.0228. The largest absolute Gasteiger partial charge is 0.480 e. The number of hydrogen-bond donors (Lipinski definition) is 3. The van der Waals surface area contributed by atoms with Crippen LogP contribution in [0, 0.1) is 11.8 Å². The number of aliphatic carboxylic acids is 1. The van der Waals surface area contributed by atoms with E-state index in [0.29, 0.717) is 0 Å². The highest BCUT2D eigenvalue weighted by Gasteiger charge is 2.33. The van der Waals surface area contributed by atoms with E-state index >= 15 is 0 Å². The van der Waals surface area contributed by atoms with E-state index in [9.17, 15) is 19.5 Å². The molecule has 120 valence electrons. The lowest BCUT2D eigenvalue weighted by Crippen LogP contribution is -2.55. The zero-order valence-corrected chi connectivity index (χ0v) is 13.0. The van der Waals surface area contributed by atoms with Gasteiger partial charge in [0.15, 0.2) is 0 Å². The zero-order valence-electron chi connectivity index (χ0n) is 13.0. The third-order valence-corrected chi connectivity index (χ3v) is 3.99. The summed E-state index contributed by atoms with van der Waals surface area (Å²) in [6, 6.07) is -1.57. The number of carboxylic acids is 1. The number of carbonyl (C=O) groups is 3. The van der Waals surface area contributed by atoms with Gasteiger partial charge >= 0.3 is 5.97 Å². The molecule has 0 saturated heterocycles. The van der Waals surface area contributed by atoms with Crippen molar-refractivity contribution in [2.45, 2.75) is 65.0 Å². The van der Waals surface area contributed by atoms with Crippen molar-refractivity contribution in [3.05, 3.63) is 0 Å². The van der Waals surface area contributed by atoms with Crippen LogP contribution in [0.25, 0.3) is 0 Å². The Morgan fingerprint density at radius 1 is 1.05 bits per heavy atom. The Kier molecular flexibility index (Phi) is 6.65. The lowest BCUT2D eigenvalue weighted by molar-refractivity contribution is -0.144. The lowest BCUT2D eigenvalue weighted by Gasteiger charge is -2.30. The Bertz CT molecular complexity index is 389. The Balaban J connectivity index is 2.74. The minimum Gasteiger partial charge on any atom is -0.480 e. The number of carboxylic acid groups (broad SMARTS) is 1. The molecule has 1 aliphatic carbocycles. The summed E-state index contributed by atoms with van der Waals surface area (Å²) < 4.78 is 0. The second-order valence-corrected chi connectivity index (χ2v) is 6.14. The molecule has 6 nitrogen and oxygen atoms in total. The second-order valence-electron chi connectivity index (χ2n) is 6.14. The molecular weight excluding hydrogens is 272 g/mol. The summed E-state index contributed by atoms with van der Waals surface area (Å²) in [7, 11) is 0.